The van der Waals surface area contributed by atoms with E-state index in [-0.39, 0.29) is 16.3 Å². The van der Waals surface area contributed by atoms with E-state index in [1.165, 1.54) is 24.3 Å². The third-order valence-electron chi connectivity index (χ3n) is 2.23. The number of carbonyl (C=O) groups excluding carboxylic acids is 1. The average Bonchev–Trinajstić information content (AvgIpc) is 2.31. The summed E-state index contributed by atoms with van der Waals surface area (Å²) in [5.74, 6) is -1.54. The number of carboxylic acids is 1. The van der Waals surface area contributed by atoms with Crippen molar-refractivity contribution in [1.29, 1.82) is 0 Å². The highest BCUT2D eigenvalue weighted by Gasteiger charge is 2.14. The van der Waals surface area contributed by atoms with Crippen molar-refractivity contribution in [3.8, 4) is 0 Å². The fraction of sp³-hybridized carbons (Fsp3) is 0.167. The molecule has 1 unspecified atom stereocenters. The van der Waals surface area contributed by atoms with Crippen LogP contribution >= 0.6 is 11.6 Å². The number of rotatable bonds is 5. The molecule has 0 spiro atoms. The number of aromatic carboxylic acids is 1. The number of carbonyl (C=O) groups is 2. The molecule has 0 aliphatic rings. The standard InChI is InChI=1S/C12H13ClN2O3/c1-2-3-9(14)11(16)15-10-6-7(12(17)18)4-5-8(10)13/h2,4-6,9H,1,3,14H2,(H,15,16)(H,17,18). The van der Waals surface area contributed by atoms with Gasteiger partial charge in [0.2, 0.25) is 5.91 Å². The van der Waals surface area contributed by atoms with Crippen molar-refractivity contribution in [2.75, 3.05) is 5.32 Å². The molecule has 0 aliphatic heterocycles. The Morgan fingerprint density at radius 1 is 1.56 bits per heavy atom. The van der Waals surface area contributed by atoms with Crippen molar-refractivity contribution in [3.63, 3.8) is 0 Å². The van der Waals surface area contributed by atoms with Gasteiger partial charge in [-0.15, -0.1) is 6.58 Å². The van der Waals surface area contributed by atoms with Crippen LogP contribution in [0.2, 0.25) is 5.02 Å². The first-order valence-corrected chi connectivity index (χ1v) is 5.53. The third kappa shape index (κ3) is 3.58. The van der Waals surface area contributed by atoms with Crippen LogP contribution in [0, 0.1) is 0 Å². The number of benzene rings is 1. The van der Waals surface area contributed by atoms with E-state index in [2.05, 4.69) is 11.9 Å². The second-order valence-corrected chi connectivity index (χ2v) is 4.03. The van der Waals surface area contributed by atoms with E-state index in [1.807, 2.05) is 0 Å². The Labute approximate surface area is 109 Å². The van der Waals surface area contributed by atoms with Gasteiger partial charge in [0.25, 0.3) is 0 Å². The largest absolute Gasteiger partial charge is 0.478 e. The summed E-state index contributed by atoms with van der Waals surface area (Å²) in [4.78, 5) is 22.4. The van der Waals surface area contributed by atoms with Gasteiger partial charge in [-0.3, -0.25) is 4.79 Å². The first kappa shape index (κ1) is 14.2. The Morgan fingerprint density at radius 2 is 2.22 bits per heavy atom. The molecular weight excluding hydrogens is 256 g/mol. The van der Waals surface area contributed by atoms with Crippen molar-refractivity contribution >= 4 is 29.2 Å². The minimum Gasteiger partial charge on any atom is -0.478 e. The molecule has 0 fully saturated rings. The molecule has 0 aromatic heterocycles. The molecule has 18 heavy (non-hydrogen) atoms. The summed E-state index contributed by atoms with van der Waals surface area (Å²) in [5.41, 5.74) is 5.84. The molecule has 96 valence electrons. The molecule has 1 atom stereocenters. The first-order valence-electron chi connectivity index (χ1n) is 5.16. The Balaban J connectivity index is 2.89. The predicted molar refractivity (Wildman–Crippen MR) is 69.8 cm³/mol. The van der Waals surface area contributed by atoms with E-state index < -0.39 is 17.9 Å². The van der Waals surface area contributed by atoms with E-state index in [0.717, 1.165) is 0 Å². The molecular formula is C12H13ClN2O3. The molecule has 0 bridgehead atoms. The molecule has 1 aromatic carbocycles. The van der Waals surface area contributed by atoms with Gasteiger partial charge < -0.3 is 16.2 Å². The lowest BCUT2D eigenvalue weighted by Gasteiger charge is -2.12. The van der Waals surface area contributed by atoms with Crippen LogP contribution in [0.15, 0.2) is 30.9 Å². The first-order chi connectivity index (χ1) is 8.45. The second kappa shape index (κ2) is 6.18. The van der Waals surface area contributed by atoms with Crippen LogP contribution in [0.5, 0.6) is 0 Å². The van der Waals surface area contributed by atoms with Gasteiger partial charge in [-0.25, -0.2) is 4.79 Å². The maximum Gasteiger partial charge on any atom is 0.335 e. The molecule has 0 heterocycles. The van der Waals surface area contributed by atoms with Gasteiger partial charge >= 0.3 is 5.97 Å². The lowest BCUT2D eigenvalue weighted by molar-refractivity contribution is -0.117. The maximum absolute atomic E-state index is 11.6. The van der Waals surface area contributed by atoms with Crippen LogP contribution in [-0.4, -0.2) is 23.0 Å². The fourth-order valence-corrected chi connectivity index (χ4v) is 1.43. The Bertz CT molecular complexity index is 488. The molecule has 0 saturated carbocycles. The van der Waals surface area contributed by atoms with Gasteiger partial charge in [-0.2, -0.15) is 0 Å². The average molecular weight is 269 g/mol. The molecule has 0 aliphatic carbocycles. The molecule has 1 rings (SSSR count). The summed E-state index contributed by atoms with van der Waals surface area (Å²) in [7, 11) is 0. The second-order valence-electron chi connectivity index (χ2n) is 3.62. The van der Waals surface area contributed by atoms with Gasteiger partial charge in [-0.1, -0.05) is 17.7 Å². The molecule has 1 aromatic rings. The normalized spacial score (nSPS) is 11.7. The van der Waals surface area contributed by atoms with Crippen LogP contribution in [0.4, 0.5) is 5.69 Å². The van der Waals surface area contributed by atoms with Crippen LogP contribution in [0.25, 0.3) is 0 Å². The zero-order valence-electron chi connectivity index (χ0n) is 9.52. The summed E-state index contributed by atoms with van der Waals surface area (Å²) in [6.45, 7) is 3.48. The van der Waals surface area contributed by atoms with E-state index in [4.69, 9.17) is 22.4 Å². The van der Waals surface area contributed by atoms with E-state index in [0.29, 0.717) is 6.42 Å². The fourth-order valence-electron chi connectivity index (χ4n) is 1.27. The van der Waals surface area contributed by atoms with Crippen LogP contribution < -0.4 is 11.1 Å². The summed E-state index contributed by atoms with van der Waals surface area (Å²) in [5, 5.41) is 11.6. The zero-order chi connectivity index (χ0) is 13.7. The van der Waals surface area contributed by atoms with Gasteiger partial charge in [0.05, 0.1) is 22.3 Å². The quantitative estimate of drug-likeness (QED) is 0.711. The molecule has 1 amide bonds. The number of carboxylic acid groups (broad SMARTS) is 1. The highest BCUT2D eigenvalue weighted by Crippen LogP contribution is 2.23. The summed E-state index contributed by atoms with van der Waals surface area (Å²) in [6.07, 6.45) is 1.85. The topological polar surface area (TPSA) is 92.4 Å². The monoisotopic (exact) mass is 268 g/mol. The number of amides is 1. The molecule has 0 radical (unpaired) electrons. The summed E-state index contributed by atoms with van der Waals surface area (Å²) < 4.78 is 0. The van der Waals surface area contributed by atoms with Crippen molar-refractivity contribution in [2.45, 2.75) is 12.5 Å². The predicted octanol–water partition coefficient (Wildman–Crippen LogP) is 1.88. The van der Waals surface area contributed by atoms with Crippen molar-refractivity contribution < 1.29 is 14.7 Å². The Hall–Kier alpha value is -1.85. The lowest BCUT2D eigenvalue weighted by Crippen LogP contribution is -2.35. The minimum atomic E-state index is -1.10. The highest BCUT2D eigenvalue weighted by molar-refractivity contribution is 6.33. The molecule has 5 nitrogen and oxygen atoms in total. The van der Waals surface area contributed by atoms with Gasteiger partial charge in [0.15, 0.2) is 0 Å². The lowest BCUT2D eigenvalue weighted by atomic mass is 10.1. The Morgan fingerprint density at radius 3 is 2.78 bits per heavy atom. The zero-order valence-corrected chi connectivity index (χ0v) is 10.3. The Kier molecular flexibility index (Phi) is 4.88. The number of anilines is 1. The third-order valence-corrected chi connectivity index (χ3v) is 2.56. The van der Waals surface area contributed by atoms with Crippen LogP contribution in [0.3, 0.4) is 0 Å². The summed E-state index contributed by atoms with van der Waals surface area (Å²) >= 11 is 5.86. The SMILES string of the molecule is C=CCC(N)C(=O)Nc1cc(C(=O)O)ccc1Cl. The smallest absolute Gasteiger partial charge is 0.335 e. The van der Waals surface area contributed by atoms with E-state index >= 15 is 0 Å². The summed E-state index contributed by atoms with van der Waals surface area (Å²) in [6, 6.07) is 3.29. The number of hydrogen-bond donors (Lipinski definition) is 3. The van der Waals surface area contributed by atoms with Crippen LogP contribution in [-0.2, 0) is 4.79 Å². The molecule has 0 saturated heterocycles. The molecule has 6 heteroatoms. The number of hydrogen-bond acceptors (Lipinski definition) is 3. The van der Waals surface area contributed by atoms with Gasteiger partial charge in [0.1, 0.15) is 0 Å². The molecule has 4 N–H and O–H groups in total. The number of nitrogens with two attached hydrogens (primary N) is 1. The van der Waals surface area contributed by atoms with Crippen molar-refractivity contribution in [3.05, 3.63) is 41.4 Å². The van der Waals surface area contributed by atoms with E-state index in [1.54, 1.807) is 0 Å². The number of nitrogens with one attached hydrogen (secondary N) is 1. The highest BCUT2D eigenvalue weighted by atomic mass is 35.5. The van der Waals surface area contributed by atoms with Gasteiger partial charge in [0, 0.05) is 0 Å². The van der Waals surface area contributed by atoms with Crippen LogP contribution in [0.1, 0.15) is 16.8 Å². The minimum absolute atomic E-state index is 0.0343. The number of halogens is 1. The maximum atomic E-state index is 11.6. The van der Waals surface area contributed by atoms with Crippen molar-refractivity contribution in [1.82, 2.24) is 0 Å². The van der Waals surface area contributed by atoms with E-state index in [9.17, 15) is 9.59 Å². The van der Waals surface area contributed by atoms with Gasteiger partial charge in [-0.05, 0) is 24.6 Å². The van der Waals surface area contributed by atoms with Crippen molar-refractivity contribution in [2.24, 2.45) is 5.73 Å².